The van der Waals surface area contributed by atoms with E-state index in [1.807, 2.05) is 43.3 Å². The summed E-state index contributed by atoms with van der Waals surface area (Å²) in [4.78, 5) is 9.04. The smallest absolute Gasteiger partial charge is 0.229 e. The van der Waals surface area contributed by atoms with E-state index in [1.54, 1.807) is 0 Å². The summed E-state index contributed by atoms with van der Waals surface area (Å²) >= 11 is 3.48. The number of halogens is 1. The van der Waals surface area contributed by atoms with E-state index in [-0.39, 0.29) is 0 Å². The standard InChI is InChI=1S/C19H19BrN4/c1-13-10-16(20)8-9-17(13)23-19-22-14(2)11-18(24-19)21-12-15-6-4-3-5-7-15/h3-11H,12H2,1-2H3,(H2,21,22,23,24). The molecule has 3 aromatic rings. The lowest BCUT2D eigenvalue weighted by Gasteiger charge is -2.12. The van der Waals surface area contributed by atoms with Gasteiger partial charge in [-0.05, 0) is 43.2 Å². The second-order valence-corrected chi connectivity index (χ2v) is 6.56. The summed E-state index contributed by atoms with van der Waals surface area (Å²) in [6.45, 7) is 4.75. The van der Waals surface area contributed by atoms with Crippen molar-refractivity contribution >= 4 is 33.4 Å². The van der Waals surface area contributed by atoms with Gasteiger partial charge in [0.1, 0.15) is 5.82 Å². The Balaban J connectivity index is 1.76. The number of nitrogens with zero attached hydrogens (tertiary/aromatic N) is 2. The van der Waals surface area contributed by atoms with Crippen LogP contribution < -0.4 is 10.6 Å². The highest BCUT2D eigenvalue weighted by molar-refractivity contribution is 9.10. The fourth-order valence-electron chi connectivity index (χ4n) is 2.39. The molecule has 0 aliphatic rings. The molecule has 0 saturated heterocycles. The first-order chi connectivity index (χ1) is 11.6. The molecule has 122 valence electrons. The van der Waals surface area contributed by atoms with Crippen LogP contribution in [0.3, 0.4) is 0 Å². The highest BCUT2D eigenvalue weighted by Crippen LogP contribution is 2.23. The van der Waals surface area contributed by atoms with Gasteiger partial charge < -0.3 is 10.6 Å². The normalized spacial score (nSPS) is 10.5. The molecule has 1 heterocycles. The number of anilines is 3. The molecule has 3 rings (SSSR count). The Hall–Kier alpha value is -2.40. The van der Waals surface area contributed by atoms with Crippen molar-refractivity contribution in [3.05, 3.63) is 75.9 Å². The largest absolute Gasteiger partial charge is 0.366 e. The van der Waals surface area contributed by atoms with Crippen LogP contribution in [0.5, 0.6) is 0 Å². The zero-order valence-corrected chi connectivity index (χ0v) is 15.3. The zero-order chi connectivity index (χ0) is 16.9. The fourth-order valence-corrected chi connectivity index (χ4v) is 2.87. The van der Waals surface area contributed by atoms with Gasteiger partial charge in [-0.25, -0.2) is 4.98 Å². The number of aryl methyl sites for hydroxylation is 2. The molecule has 2 N–H and O–H groups in total. The molecule has 0 atom stereocenters. The molecule has 1 aromatic heterocycles. The van der Waals surface area contributed by atoms with Crippen molar-refractivity contribution in [3.63, 3.8) is 0 Å². The summed E-state index contributed by atoms with van der Waals surface area (Å²) in [7, 11) is 0. The summed E-state index contributed by atoms with van der Waals surface area (Å²) < 4.78 is 1.06. The summed E-state index contributed by atoms with van der Waals surface area (Å²) in [5.74, 6) is 1.40. The highest BCUT2D eigenvalue weighted by Gasteiger charge is 2.05. The fraction of sp³-hybridized carbons (Fsp3) is 0.158. The minimum absolute atomic E-state index is 0.594. The molecule has 4 nitrogen and oxygen atoms in total. The maximum absolute atomic E-state index is 4.56. The van der Waals surface area contributed by atoms with Gasteiger partial charge in [0.05, 0.1) is 0 Å². The molecule has 0 saturated carbocycles. The van der Waals surface area contributed by atoms with Crippen molar-refractivity contribution in [2.75, 3.05) is 10.6 Å². The first-order valence-electron chi connectivity index (χ1n) is 7.77. The van der Waals surface area contributed by atoms with Crippen LogP contribution in [0.15, 0.2) is 59.1 Å². The molecule has 0 aliphatic heterocycles. The van der Waals surface area contributed by atoms with Crippen molar-refractivity contribution in [2.24, 2.45) is 0 Å². The van der Waals surface area contributed by atoms with Crippen molar-refractivity contribution in [1.82, 2.24) is 9.97 Å². The average molecular weight is 383 g/mol. The second-order valence-electron chi connectivity index (χ2n) is 5.64. The van der Waals surface area contributed by atoms with E-state index in [0.29, 0.717) is 5.95 Å². The SMILES string of the molecule is Cc1cc(NCc2ccccc2)nc(Nc2ccc(Br)cc2C)n1. The van der Waals surface area contributed by atoms with Crippen LogP contribution in [0, 0.1) is 13.8 Å². The number of rotatable bonds is 5. The maximum Gasteiger partial charge on any atom is 0.229 e. The Morgan fingerprint density at radius 1 is 0.958 bits per heavy atom. The number of nitrogens with one attached hydrogen (secondary N) is 2. The topological polar surface area (TPSA) is 49.8 Å². The quantitative estimate of drug-likeness (QED) is 0.635. The Kier molecular flexibility index (Phi) is 5.11. The van der Waals surface area contributed by atoms with Crippen LogP contribution in [0.25, 0.3) is 0 Å². The lowest BCUT2D eigenvalue weighted by Crippen LogP contribution is -2.06. The van der Waals surface area contributed by atoms with Gasteiger partial charge in [-0.1, -0.05) is 46.3 Å². The predicted molar refractivity (Wildman–Crippen MR) is 103 cm³/mol. The van der Waals surface area contributed by atoms with Crippen molar-refractivity contribution in [1.29, 1.82) is 0 Å². The van der Waals surface area contributed by atoms with Crippen molar-refractivity contribution < 1.29 is 0 Å². The van der Waals surface area contributed by atoms with Crippen LogP contribution in [0.2, 0.25) is 0 Å². The minimum atomic E-state index is 0.594. The minimum Gasteiger partial charge on any atom is -0.366 e. The van der Waals surface area contributed by atoms with E-state index in [2.05, 4.69) is 61.7 Å². The molecule has 0 fully saturated rings. The summed E-state index contributed by atoms with van der Waals surface area (Å²) in [6, 6.07) is 18.3. The molecule has 0 radical (unpaired) electrons. The number of benzene rings is 2. The second kappa shape index (κ2) is 7.45. The molecule has 0 amide bonds. The van der Waals surface area contributed by atoms with Gasteiger partial charge in [-0.3, -0.25) is 0 Å². The van der Waals surface area contributed by atoms with Crippen LogP contribution in [-0.2, 0) is 6.54 Å². The molecule has 0 aliphatic carbocycles. The molecule has 5 heteroatoms. The Labute approximate surface area is 150 Å². The first kappa shape index (κ1) is 16.5. The zero-order valence-electron chi connectivity index (χ0n) is 13.7. The van der Waals surface area contributed by atoms with Gasteiger partial charge in [0, 0.05) is 28.5 Å². The van der Waals surface area contributed by atoms with Crippen LogP contribution in [0.1, 0.15) is 16.8 Å². The summed E-state index contributed by atoms with van der Waals surface area (Å²) in [5, 5.41) is 6.65. The molecule has 0 bridgehead atoms. The average Bonchev–Trinajstić information content (AvgIpc) is 2.56. The van der Waals surface area contributed by atoms with Crippen molar-refractivity contribution in [2.45, 2.75) is 20.4 Å². The van der Waals surface area contributed by atoms with Gasteiger partial charge in [0.2, 0.25) is 5.95 Å². The van der Waals surface area contributed by atoms with Crippen LogP contribution >= 0.6 is 15.9 Å². The lowest BCUT2D eigenvalue weighted by atomic mass is 10.2. The molecule has 0 unspecified atom stereocenters. The predicted octanol–water partition coefficient (Wildman–Crippen LogP) is 5.21. The third-order valence-electron chi connectivity index (χ3n) is 3.61. The maximum atomic E-state index is 4.56. The molecular weight excluding hydrogens is 364 g/mol. The third-order valence-corrected chi connectivity index (χ3v) is 4.10. The third kappa shape index (κ3) is 4.32. The lowest BCUT2D eigenvalue weighted by molar-refractivity contribution is 1.06. The molecule has 2 aromatic carbocycles. The summed E-state index contributed by atoms with van der Waals surface area (Å²) in [5.41, 5.74) is 4.26. The van der Waals surface area contributed by atoms with E-state index >= 15 is 0 Å². The number of aromatic nitrogens is 2. The first-order valence-corrected chi connectivity index (χ1v) is 8.56. The van der Waals surface area contributed by atoms with Crippen LogP contribution in [0.4, 0.5) is 17.5 Å². The Morgan fingerprint density at radius 2 is 1.75 bits per heavy atom. The van der Waals surface area contributed by atoms with E-state index in [9.17, 15) is 0 Å². The monoisotopic (exact) mass is 382 g/mol. The van der Waals surface area contributed by atoms with Gasteiger partial charge in [0.15, 0.2) is 0 Å². The van der Waals surface area contributed by atoms with Gasteiger partial charge in [-0.2, -0.15) is 4.98 Å². The molecule has 0 spiro atoms. The van der Waals surface area contributed by atoms with Gasteiger partial charge >= 0.3 is 0 Å². The van der Waals surface area contributed by atoms with E-state index in [4.69, 9.17) is 0 Å². The van der Waals surface area contributed by atoms with Gasteiger partial charge in [-0.15, -0.1) is 0 Å². The van der Waals surface area contributed by atoms with Crippen molar-refractivity contribution in [3.8, 4) is 0 Å². The Bertz CT molecular complexity index is 834. The Morgan fingerprint density at radius 3 is 2.50 bits per heavy atom. The highest BCUT2D eigenvalue weighted by atomic mass is 79.9. The van der Waals surface area contributed by atoms with E-state index in [0.717, 1.165) is 33.8 Å². The molecular formula is C19H19BrN4. The van der Waals surface area contributed by atoms with Gasteiger partial charge in [0.25, 0.3) is 0 Å². The number of hydrogen-bond acceptors (Lipinski definition) is 4. The molecule has 24 heavy (non-hydrogen) atoms. The number of hydrogen-bond donors (Lipinski definition) is 2. The van der Waals surface area contributed by atoms with E-state index in [1.165, 1.54) is 5.56 Å². The summed E-state index contributed by atoms with van der Waals surface area (Å²) in [6.07, 6.45) is 0. The van der Waals surface area contributed by atoms with Crippen LogP contribution in [-0.4, -0.2) is 9.97 Å². The van der Waals surface area contributed by atoms with E-state index < -0.39 is 0 Å².